The summed E-state index contributed by atoms with van der Waals surface area (Å²) in [6.07, 6.45) is 2.33. The maximum absolute atomic E-state index is 13.7. The van der Waals surface area contributed by atoms with Gasteiger partial charge < -0.3 is 29.0 Å². The molecule has 2 N–H and O–H groups in total. The van der Waals surface area contributed by atoms with Crippen LogP contribution in [-0.2, 0) is 27.3 Å². The van der Waals surface area contributed by atoms with E-state index in [4.69, 9.17) is 19.0 Å². The summed E-state index contributed by atoms with van der Waals surface area (Å²) >= 11 is 0. The zero-order valence-electron chi connectivity index (χ0n) is 24.3. The molecule has 0 aliphatic carbocycles. The fourth-order valence-electron chi connectivity index (χ4n) is 5.86. The first-order chi connectivity index (χ1) is 21.7. The number of β-lactam (4-membered cyclic amide) rings is 1. The van der Waals surface area contributed by atoms with Crippen molar-refractivity contribution in [2.24, 2.45) is 5.92 Å². The quantitative estimate of drug-likeness (QED) is 0.181. The van der Waals surface area contributed by atoms with Crippen LogP contribution in [0.1, 0.15) is 64.5 Å². The number of aliphatic hydroxyl groups is 1. The van der Waals surface area contributed by atoms with Gasteiger partial charge in [0, 0.05) is 5.69 Å². The lowest BCUT2D eigenvalue weighted by Gasteiger charge is -2.48. The molecule has 2 saturated heterocycles. The number of aryl methyl sites for hydroxylation is 1. The number of carbonyl (C=O) groups is 2. The number of oxazole rings is 1. The molecule has 6 rings (SSSR count). The second-order valence-electron chi connectivity index (χ2n) is 11.5. The van der Waals surface area contributed by atoms with Gasteiger partial charge in [0.2, 0.25) is 11.8 Å². The van der Waals surface area contributed by atoms with Gasteiger partial charge in [0.1, 0.15) is 30.1 Å². The number of amides is 1. The van der Waals surface area contributed by atoms with E-state index in [1.807, 2.05) is 24.3 Å². The van der Waals surface area contributed by atoms with E-state index < -0.39 is 29.4 Å². The third-order valence-electron chi connectivity index (χ3n) is 8.52. The topological polar surface area (TPSA) is 122 Å². The first kappa shape index (κ1) is 30.6. The van der Waals surface area contributed by atoms with E-state index in [2.05, 4.69) is 4.98 Å². The van der Waals surface area contributed by atoms with E-state index in [0.717, 1.165) is 17.4 Å². The number of hydrogen-bond acceptors (Lipinski definition) is 7. The number of carbonyl (C=O) groups excluding carboxylic acids is 1. The van der Waals surface area contributed by atoms with Gasteiger partial charge in [-0.05, 0) is 78.8 Å². The van der Waals surface area contributed by atoms with Gasteiger partial charge in [-0.3, -0.25) is 4.79 Å². The molecular formula is C34H32F2N2O7. The number of aliphatic hydroxyl groups excluding tert-OH is 1. The standard InChI is InChI=1S/C34H32F2N2O7/c35-24-7-5-22(6-8-24)29(39)14-13-27-31(38(32(27)40)26-11-9-25(36)10-12-26)23-3-1-21(2-4-23)15-16-34(19-43-20-34)45-18-30-37-28(17-44-30)33(41)42/h1-12,17,27,29,31,39H,13-16,18-20H2,(H,41,42). The number of rotatable bonds is 13. The number of aromatic nitrogens is 1. The Balaban J connectivity index is 1.12. The maximum atomic E-state index is 13.7. The number of hydrogen-bond donors (Lipinski definition) is 2. The first-order valence-electron chi connectivity index (χ1n) is 14.7. The van der Waals surface area contributed by atoms with Crippen LogP contribution < -0.4 is 4.90 Å². The molecule has 3 heterocycles. The van der Waals surface area contributed by atoms with E-state index in [9.17, 15) is 23.5 Å². The molecule has 4 aromatic rings. The molecule has 2 fully saturated rings. The Bertz CT molecular complexity index is 1640. The van der Waals surface area contributed by atoms with Crippen LogP contribution in [0.3, 0.4) is 0 Å². The van der Waals surface area contributed by atoms with Crippen LogP contribution in [0.25, 0.3) is 0 Å². The van der Waals surface area contributed by atoms with Gasteiger partial charge in [0.05, 0.1) is 31.3 Å². The Morgan fingerprint density at radius 2 is 1.69 bits per heavy atom. The molecule has 2 aliphatic heterocycles. The van der Waals surface area contributed by atoms with Crippen molar-refractivity contribution in [1.82, 2.24) is 4.98 Å². The molecule has 0 spiro atoms. The normalized spacial score (nSPS) is 19.5. The summed E-state index contributed by atoms with van der Waals surface area (Å²) in [5.41, 5.74) is 2.44. The number of ether oxygens (including phenoxy) is 2. The van der Waals surface area contributed by atoms with Crippen molar-refractivity contribution >= 4 is 17.6 Å². The average molecular weight is 619 g/mol. The predicted octanol–water partition coefficient (Wildman–Crippen LogP) is 5.79. The Labute approximate surface area is 258 Å². The van der Waals surface area contributed by atoms with Gasteiger partial charge in [0.25, 0.3) is 0 Å². The average Bonchev–Trinajstić information content (AvgIpc) is 3.50. The van der Waals surface area contributed by atoms with E-state index >= 15 is 0 Å². The van der Waals surface area contributed by atoms with Gasteiger partial charge in [-0.1, -0.05) is 36.4 Å². The summed E-state index contributed by atoms with van der Waals surface area (Å²) in [5, 5.41) is 19.7. The largest absolute Gasteiger partial charge is 0.476 e. The van der Waals surface area contributed by atoms with Crippen LogP contribution in [0.2, 0.25) is 0 Å². The molecule has 0 saturated carbocycles. The summed E-state index contributed by atoms with van der Waals surface area (Å²) in [4.78, 5) is 30.0. The molecule has 0 radical (unpaired) electrons. The Hall–Kier alpha value is -4.45. The van der Waals surface area contributed by atoms with Gasteiger partial charge in [-0.2, -0.15) is 0 Å². The second kappa shape index (κ2) is 12.9. The third-order valence-corrected chi connectivity index (χ3v) is 8.52. The van der Waals surface area contributed by atoms with Gasteiger partial charge in [-0.15, -0.1) is 0 Å². The first-order valence-corrected chi connectivity index (χ1v) is 14.7. The van der Waals surface area contributed by atoms with Crippen LogP contribution in [0.15, 0.2) is 83.5 Å². The van der Waals surface area contributed by atoms with Crippen LogP contribution in [-0.4, -0.2) is 45.9 Å². The van der Waals surface area contributed by atoms with Crippen LogP contribution in [0.4, 0.5) is 14.5 Å². The van der Waals surface area contributed by atoms with Crippen molar-refractivity contribution in [3.8, 4) is 0 Å². The monoisotopic (exact) mass is 618 g/mol. The fraction of sp³-hybridized carbons (Fsp3) is 0.324. The van der Waals surface area contributed by atoms with E-state index in [0.29, 0.717) is 50.1 Å². The summed E-state index contributed by atoms with van der Waals surface area (Å²) in [6, 6.07) is 19.2. The van der Waals surface area contributed by atoms with Crippen molar-refractivity contribution in [2.75, 3.05) is 18.1 Å². The lowest BCUT2D eigenvalue weighted by Crippen LogP contribution is -2.55. The molecule has 3 unspecified atom stereocenters. The molecule has 2 aliphatic rings. The fourth-order valence-corrected chi connectivity index (χ4v) is 5.86. The van der Waals surface area contributed by atoms with E-state index in [-0.39, 0.29) is 36.0 Å². The summed E-state index contributed by atoms with van der Waals surface area (Å²) in [5.74, 6) is -2.26. The Morgan fingerprint density at radius 1 is 1.02 bits per heavy atom. The van der Waals surface area contributed by atoms with Crippen molar-refractivity contribution < 1.29 is 42.5 Å². The minimum absolute atomic E-state index is 0.0295. The maximum Gasteiger partial charge on any atom is 0.357 e. The zero-order valence-corrected chi connectivity index (χ0v) is 24.3. The van der Waals surface area contributed by atoms with Crippen molar-refractivity contribution in [3.63, 3.8) is 0 Å². The molecular weight excluding hydrogens is 586 g/mol. The third kappa shape index (κ3) is 6.65. The van der Waals surface area contributed by atoms with Crippen LogP contribution in [0.5, 0.6) is 0 Å². The number of halogens is 2. The highest BCUT2D eigenvalue weighted by Gasteiger charge is 2.48. The lowest BCUT2D eigenvalue weighted by atomic mass is 9.78. The molecule has 1 amide bonds. The number of anilines is 1. The summed E-state index contributed by atoms with van der Waals surface area (Å²) < 4.78 is 43.7. The number of aromatic carboxylic acids is 1. The number of nitrogens with zero attached hydrogens (tertiary/aromatic N) is 2. The highest BCUT2D eigenvalue weighted by molar-refractivity contribution is 6.03. The number of benzene rings is 3. The molecule has 234 valence electrons. The van der Waals surface area contributed by atoms with Crippen molar-refractivity contribution in [2.45, 2.75) is 50.0 Å². The molecule has 3 aromatic carbocycles. The van der Waals surface area contributed by atoms with Gasteiger partial charge in [0.15, 0.2) is 5.69 Å². The molecule has 9 nitrogen and oxygen atoms in total. The summed E-state index contributed by atoms with van der Waals surface area (Å²) in [7, 11) is 0. The van der Waals surface area contributed by atoms with E-state index in [1.165, 1.54) is 36.4 Å². The minimum atomic E-state index is -1.17. The number of carboxylic acids is 1. The Morgan fingerprint density at radius 3 is 2.29 bits per heavy atom. The summed E-state index contributed by atoms with van der Waals surface area (Å²) in [6.45, 7) is 0.835. The minimum Gasteiger partial charge on any atom is -0.476 e. The molecule has 45 heavy (non-hydrogen) atoms. The van der Waals surface area contributed by atoms with Gasteiger partial charge in [-0.25, -0.2) is 18.6 Å². The number of carboxylic acid groups (broad SMARTS) is 1. The molecule has 1 aromatic heterocycles. The highest BCUT2D eigenvalue weighted by Crippen LogP contribution is 2.46. The highest BCUT2D eigenvalue weighted by atomic mass is 19.1. The molecule has 0 bridgehead atoms. The van der Waals surface area contributed by atoms with E-state index in [1.54, 1.807) is 17.0 Å². The van der Waals surface area contributed by atoms with Gasteiger partial charge >= 0.3 is 5.97 Å². The molecule has 3 atom stereocenters. The predicted molar refractivity (Wildman–Crippen MR) is 157 cm³/mol. The van der Waals surface area contributed by atoms with Crippen LogP contribution in [0, 0.1) is 17.6 Å². The van der Waals surface area contributed by atoms with Crippen molar-refractivity contribution in [1.29, 1.82) is 0 Å². The smallest absolute Gasteiger partial charge is 0.357 e. The zero-order chi connectivity index (χ0) is 31.6. The molecule has 11 heteroatoms. The second-order valence-corrected chi connectivity index (χ2v) is 11.5. The van der Waals surface area contributed by atoms with Crippen LogP contribution >= 0.6 is 0 Å². The van der Waals surface area contributed by atoms with Crippen molar-refractivity contribution in [3.05, 3.63) is 119 Å². The Kier molecular flexibility index (Phi) is 8.75. The SMILES string of the molecule is O=C(O)c1coc(COC2(CCc3ccc(C4C(CCC(O)c5ccc(F)cc5)C(=O)N4c4ccc(F)cc4)cc3)COC2)n1. The lowest BCUT2D eigenvalue weighted by molar-refractivity contribution is -0.220.